The number of anilines is 6. The van der Waals surface area contributed by atoms with Crippen LogP contribution >= 0.6 is 0 Å². The molecule has 0 saturated carbocycles. The van der Waals surface area contributed by atoms with Crippen molar-refractivity contribution in [2.75, 3.05) is 9.80 Å². The zero-order valence-corrected chi connectivity index (χ0v) is 40.3. The van der Waals surface area contributed by atoms with Crippen molar-refractivity contribution in [2.45, 2.75) is 24.7 Å². The summed E-state index contributed by atoms with van der Waals surface area (Å²) < 4.78 is 0. The maximum atomic E-state index is 2.58. The van der Waals surface area contributed by atoms with E-state index in [-0.39, 0.29) is 5.41 Å². The molecule has 0 aromatic heterocycles. The first-order valence-corrected chi connectivity index (χ1v) is 25.2. The second-order valence-corrected chi connectivity index (χ2v) is 20.0. The third-order valence-electron chi connectivity index (χ3n) is 15.8. The van der Waals surface area contributed by atoms with Gasteiger partial charge in [-0.2, -0.15) is 0 Å². The molecule has 0 bridgehead atoms. The fourth-order valence-electron chi connectivity index (χ4n) is 12.8. The summed E-state index contributed by atoms with van der Waals surface area (Å²) in [5, 5.41) is 0. The van der Waals surface area contributed by atoms with E-state index in [4.69, 9.17) is 0 Å². The summed E-state index contributed by atoms with van der Waals surface area (Å²) in [6.45, 7) is 4.76. The summed E-state index contributed by atoms with van der Waals surface area (Å²) in [5.74, 6) is 0. The highest BCUT2D eigenvalue weighted by Gasteiger charge is 2.53. The fourth-order valence-corrected chi connectivity index (χ4v) is 12.8. The standard InChI is InChI=1S/C70H50N2/c1-69(2)59-38-21-20-37-54(59)68-62(69)41-24-42-65(68)72(51-33-16-7-17-34-51)67-46-64-58(44-56(67)48-27-10-4-11-28-48)53-36-19-23-40-61(53)70(64)60-39-22-18-35-52(60)57-43-55(47-25-8-3-9-26-47)66(45-63(57)70)71(49-29-12-5-13-30-49)50-31-14-6-15-32-50/h3-46H,1-2H3. The van der Waals surface area contributed by atoms with Crippen LogP contribution in [0.15, 0.2) is 267 Å². The van der Waals surface area contributed by atoms with Gasteiger partial charge in [-0.1, -0.05) is 214 Å². The summed E-state index contributed by atoms with van der Waals surface area (Å²) in [4.78, 5) is 5.02. The molecule has 1 atom stereocenters. The predicted molar refractivity (Wildman–Crippen MR) is 301 cm³/mol. The van der Waals surface area contributed by atoms with Crippen molar-refractivity contribution in [1.82, 2.24) is 0 Å². The lowest BCUT2D eigenvalue weighted by atomic mass is 9.70. The molecule has 14 rings (SSSR count). The maximum Gasteiger partial charge on any atom is 0.0727 e. The number of para-hydroxylation sites is 3. The number of fused-ring (bicyclic) bond motifs is 13. The number of hydrogen-bond donors (Lipinski definition) is 0. The first-order valence-electron chi connectivity index (χ1n) is 25.2. The van der Waals surface area contributed by atoms with E-state index in [1.807, 2.05) is 0 Å². The first kappa shape index (κ1) is 41.9. The van der Waals surface area contributed by atoms with Crippen LogP contribution in [0.2, 0.25) is 0 Å². The van der Waals surface area contributed by atoms with E-state index in [1.54, 1.807) is 0 Å². The molecular formula is C70H50N2. The zero-order valence-electron chi connectivity index (χ0n) is 40.3. The molecule has 3 aliphatic rings. The Morgan fingerprint density at radius 1 is 0.250 bits per heavy atom. The van der Waals surface area contributed by atoms with Gasteiger partial charge >= 0.3 is 0 Å². The van der Waals surface area contributed by atoms with Crippen LogP contribution in [-0.4, -0.2) is 0 Å². The van der Waals surface area contributed by atoms with Crippen molar-refractivity contribution >= 4 is 34.1 Å². The van der Waals surface area contributed by atoms with Crippen LogP contribution in [0.3, 0.4) is 0 Å². The Labute approximate surface area is 422 Å². The molecule has 340 valence electrons. The van der Waals surface area contributed by atoms with E-state index in [2.05, 4.69) is 291 Å². The van der Waals surface area contributed by atoms with Crippen molar-refractivity contribution < 1.29 is 0 Å². The maximum absolute atomic E-state index is 2.58. The Bertz CT molecular complexity index is 3830. The van der Waals surface area contributed by atoms with Gasteiger partial charge in [-0.3, -0.25) is 0 Å². The molecule has 0 saturated heterocycles. The lowest BCUT2D eigenvalue weighted by Crippen LogP contribution is -2.27. The molecule has 0 amide bonds. The monoisotopic (exact) mass is 918 g/mol. The van der Waals surface area contributed by atoms with Gasteiger partial charge in [0.05, 0.1) is 22.5 Å². The Morgan fingerprint density at radius 2 is 0.625 bits per heavy atom. The summed E-state index contributed by atoms with van der Waals surface area (Å²) in [6.07, 6.45) is 0. The predicted octanol–water partition coefficient (Wildman–Crippen LogP) is 18.6. The lowest BCUT2D eigenvalue weighted by molar-refractivity contribution is 0.660. The Hall–Kier alpha value is -8.98. The van der Waals surface area contributed by atoms with Crippen molar-refractivity contribution in [1.29, 1.82) is 0 Å². The van der Waals surface area contributed by atoms with Gasteiger partial charge < -0.3 is 9.80 Å². The van der Waals surface area contributed by atoms with Crippen LogP contribution in [-0.2, 0) is 10.8 Å². The van der Waals surface area contributed by atoms with Gasteiger partial charge in [0.25, 0.3) is 0 Å². The van der Waals surface area contributed by atoms with E-state index >= 15 is 0 Å². The van der Waals surface area contributed by atoms with Gasteiger partial charge in [0.15, 0.2) is 0 Å². The molecule has 0 fully saturated rings. The second kappa shape index (κ2) is 16.3. The van der Waals surface area contributed by atoms with Gasteiger partial charge in [-0.25, -0.2) is 0 Å². The summed E-state index contributed by atoms with van der Waals surface area (Å²) in [7, 11) is 0. The van der Waals surface area contributed by atoms with Gasteiger partial charge in [0.1, 0.15) is 0 Å². The summed E-state index contributed by atoms with van der Waals surface area (Å²) >= 11 is 0. The fraction of sp³-hybridized carbons (Fsp3) is 0.0571. The van der Waals surface area contributed by atoms with Gasteiger partial charge in [-0.05, 0) is 139 Å². The minimum atomic E-state index is -0.666. The average Bonchev–Trinajstić information content (AvgIpc) is 3.99. The third-order valence-corrected chi connectivity index (χ3v) is 15.8. The number of hydrogen-bond acceptors (Lipinski definition) is 2. The van der Waals surface area contributed by atoms with Crippen molar-refractivity contribution in [3.63, 3.8) is 0 Å². The zero-order chi connectivity index (χ0) is 48.0. The van der Waals surface area contributed by atoms with Crippen molar-refractivity contribution in [3.8, 4) is 55.6 Å². The van der Waals surface area contributed by atoms with Crippen LogP contribution in [0, 0.1) is 0 Å². The molecule has 0 heterocycles. The topological polar surface area (TPSA) is 6.48 Å². The highest BCUT2D eigenvalue weighted by atomic mass is 15.2. The highest BCUT2D eigenvalue weighted by molar-refractivity contribution is 6.04. The van der Waals surface area contributed by atoms with E-state index in [0.717, 1.165) is 28.4 Å². The first-order chi connectivity index (χ1) is 35.5. The molecule has 11 aromatic rings. The molecule has 0 N–H and O–H groups in total. The SMILES string of the molecule is CC1(C)c2ccccc2-c2c(N(c3ccccc3)c3cc4c(cc3-c3ccccc3)-c3ccccc3C43c4ccccc4-c4cc(-c5ccccc5)c(N(c5ccccc5)c5ccccc5)cc43)cccc21. The smallest absolute Gasteiger partial charge is 0.0727 e. The Balaban J connectivity index is 1.12. The minimum absolute atomic E-state index is 0.169. The largest absolute Gasteiger partial charge is 0.310 e. The second-order valence-electron chi connectivity index (χ2n) is 20.0. The van der Waals surface area contributed by atoms with Crippen molar-refractivity contribution in [2.24, 2.45) is 0 Å². The minimum Gasteiger partial charge on any atom is -0.310 e. The van der Waals surface area contributed by atoms with Crippen LogP contribution < -0.4 is 9.80 Å². The van der Waals surface area contributed by atoms with Gasteiger partial charge in [-0.15, -0.1) is 0 Å². The molecule has 0 radical (unpaired) electrons. The number of nitrogens with zero attached hydrogens (tertiary/aromatic N) is 2. The number of benzene rings is 11. The van der Waals surface area contributed by atoms with E-state index < -0.39 is 5.41 Å². The summed E-state index contributed by atoms with van der Waals surface area (Å²) in [6, 6.07) is 99.3. The average molecular weight is 919 g/mol. The van der Waals surface area contributed by atoms with Crippen LogP contribution in [0.4, 0.5) is 34.1 Å². The molecule has 2 heteroatoms. The van der Waals surface area contributed by atoms with Crippen molar-refractivity contribution in [3.05, 3.63) is 300 Å². The van der Waals surface area contributed by atoms with Gasteiger partial charge in [0.2, 0.25) is 0 Å². The lowest BCUT2D eigenvalue weighted by Gasteiger charge is -2.35. The van der Waals surface area contributed by atoms with E-state index in [1.165, 1.54) is 94.7 Å². The number of rotatable bonds is 8. The molecule has 1 unspecified atom stereocenters. The normalized spacial score (nSPS) is 15.0. The molecular weight excluding hydrogens is 869 g/mol. The van der Waals surface area contributed by atoms with E-state index in [0.29, 0.717) is 0 Å². The van der Waals surface area contributed by atoms with E-state index in [9.17, 15) is 0 Å². The van der Waals surface area contributed by atoms with Crippen LogP contribution in [0.25, 0.3) is 55.6 Å². The van der Waals surface area contributed by atoms with Crippen LogP contribution in [0.5, 0.6) is 0 Å². The third kappa shape index (κ3) is 6.09. The van der Waals surface area contributed by atoms with Crippen LogP contribution in [0.1, 0.15) is 47.2 Å². The van der Waals surface area contributed by atoms with Gasteiger partial charge in [0, 0.05) is 39.2 Å². The Morgan fingerprint density at radius 3 is 1.11 bits per heavy atom. The quantitative estimate of drug-likeness (QED) is 0.150. The molecule has 2 nitrogen and oxygen atoms in total. The molecule has 1 spiro atoms. The molecule has 11 aromatic carbocycles. The molecule has 0 aliphatic heterocycles. The molecule has 72 heavy (non-hydrogen) atoms. The Kier molecular flexibility index (Phi) is 9.50. The molecule has 3 aliphatic carbocycles. The summed E-state index contributed by atoms with van der Waals surface area (Å²) in [5.41, 5.74) is 26.1. The highest BCUT2D eigenvalue weighted by Crippen LogP contribution is 2.66.